The molecule has 2 rings (SSSR count). The van der Waals surface area contributed by atoms with Gasteiger partial charge in [0.05, 0.1) is 4.92 Å². The summed E-state index contributed by atoms with van der Waals surface area (Å²) in [6.45, 7) is 4.25. The Balaban J connectivity index is 1.91. The van der Waals surface area contributed by atoms with Crippen LogP contribution < -0.4 is 5.32 Å². The highest BCUT2D eigenvalue weighted by atomic mass is 16.6. The molecular weight excluding hydrogens is 316 g/mol. The van der Waals surface area contributed by atoms with Gasteiger partial charge in [0.15, 0.2) is 6.10 Å². The van der Waals surface area contributed by atoms with E-state index in [4.69, 9.17) is 4.74 Å². The summed E-state index contributed by atoms with van der Waals surface area (Å²) in [5.41, 5.74) is 0.393. The molecule has 0 saturated heterocycles. The molecule has 1 aliphatic rings. The maximum absolute atomic E-state index is 12.0. The van der Waals surface area contributed by atoms with Crippen molar-refractivity contribution >= 4 is 17.6 Å². The van der Waals surface area contributed by atoms with Crippen LogP contribution in [0.3, 0.4) is 0 Å². The van der Waals surface area contributed by atoms with E-state index in [2.05, 4.69) is 10.4 Å². The standard InChI is InChI=1S/C15H22N4O5/c1-9-14(19(22)23)10(2)18(17-9)8-13(20)24-11(3)15(21)16-12-6-4-5-7-12/h11-12H,4-8H2,1-3H3,(H,16,21). The van der Waals surface area contributed by atoms with E-state index >= 15 is 0 Å². The zero-order valence-electron chi connectivity index (χ0n) is 14.1. The van der Waals surface area contributed by atoms with Crippen molar-refractivity contribution in [2.75, 3.05) is 0 Å². The zero-order valence-corrected chi connectivity index (χ0v) is 14.1. The van der Waals surface area contributed by atoms with E-state index in [0.29, 0.717) is 0 Å². The Hall–Kier alpha value is -2.45. The lowest BCUT2D eigenvalue weighted by Gasteiger charge is -2.17. The van der Waals surface area contributed by atoms with Crippen LogP contribution in [0.4, 0.5) is 5.69 Å². The van der Waals surface area contributed by atoms with Crippen molar-refractivity contribution in [2.45, 2.75) is 65.1 Å². The van der Waals surface area contributed by atoms with Crippen LogP contribution >= 0.6 is 0 Å². The minimum absolute atomic E-state index is 0.116. The summed E-state index contributed by atoms with van der Waals surface area (Å²) >= 11 is 0. The van der Waals surface area contributed by atoms with Crippen LogP contribution in [0.2, 0.25) is 0 Å². The highest BCUT2D eigenvalue weighted by Gasteiger charge is 2.26. The number of aryl methyl sites for hydroxylation is 1. The van der Waals surface area contributed by atoms with Crippen LogP contribution in [0.15, 0.2) is 0 Å². The van der Waals surface area contributed by atoms with Crippen molar-refractivity contribution in [3.8, 4) is 0 Å². The third-order valence-corrected chi connectivity index (χ3v) is 4.18. The number of hydrogen-bond acceptors (Lipinski definition) is 6. The van der Waals surface area contributed by atoms with Gasteiger partial charge in [-0.25, -0.2) is 0 Å². The molecule has 1 saturated carbocycles. The summed E-state index contributed by atoms with van der Waals surface area (Å²) < 4.78 is 6.33. The van der Waals surface area contributed by atoms with Crippen molar-refractivity contribution in [3.05, 3.63) is 21.5 Å². The molecule has 0 aliphatic heterocycles. The molecule has 1 aromatic rings. The number of carbonyl (C=O) groups is 2. The van der Waals surface area contributed by atoms with Crippen LogP contribution in [0.25, 0.3) is 0 Å². The maximum Gasteiger partial charge on any atom is 0.328 e. The monoisotopic (exact) mass is 338 g/mol. The van der Waals surface area contributed by atoms with E-state index in [0.717, 1.165) is 25.7 Å². The summed E-state index contributed by atoms with van der Waals surface area (Å²) in [5.74, 6) is -0.987. The van der Waals surface area contributed by atoms with E-state index in [-0.39, 0.29) is 35.6 Å². The van der Waals surface area contributed by atoms with Gasteiger partial charge in [0.2, 0.25) is 0 Å². The van der Waals surface area contributed by atoms with Crippen LogP contribution in [0, 0.1) is 24.0 Å². The molecule has 1 atom stereocenters. The number of rotatable bonds is 6. The Morgan fingerprint density at radius 3 is 2.58 bits per heavy atom. The Kier molecular flexibility index (Phi) is 5.53. The number of nitrogens with one attached hydrogen (secondary N) is 1. The first-order valence-electron chi connectivity index (χ1n) is 7.98. The molecule has 0 aromatic carbocycles. The second kappa shape index (κ2) is 7.41. The van der Waals surface area contributed by atoms with Gasteiger partial charge in [0, 0.05) is 6.04 Å². The number of carbonyl (C=O) groups excluding carboxylic acids is 2. The van der Waals surface area contributed by atoms with Crippen LogP contribution in [-0.4, -0.2) is 38.7 Å². The first-order valence-corrected chi connectivity index (χ1v) is 7.98. The largest absolute Gasteiger partial charge is 0.451 e. The molecule has 9 heteroatoms. The highest BCUT2D eigenvalue weighted by Crippen LogP contribution is 2.21. The van der Waals surface area contributed by atoms with Crippen LogP contribution in [0.1, 0.15) is 44.0 Å². The Bertz CT molecular complexity index is 649. The fourth-order valence-corrected chi connectivity index (χ4v) is 2.90. The van der Waals surface area contributed by atoms with E-state index < -0.39 is 17.0 Å². The van der Waals surface area contributed by atoms with Crippen LogP contribution in [-0.2, 0) is 20.9 Å². The molecule has 1 heterocycles. The zero-order chi connectivity index (χ0) is 17.9. The van der Waals surface area contributed by atoms with Crippen molar-refractivity contribution in [3.63, 3.8) is 0 Å². The predicted octanol–water partition coefficient (Wildman–Crippen LogP) is 1.40. The molecule has 1 amide bonds. The van der Waals surface area contributed by atoms with Gasteiger partial charge >= 0.3 is 11.7 Å². The number of nitrogens with zero attached hydrogens (tertiary/aromatic N) is 3. The molecule has 1 aromatic heterocycles. The van der Waals surface area contributed by atoms with Gasteiger partial charge < -0.3 is 10.1 Å². The average molecular weight is 338 g/mol. The summed E-state index contributed by atoms with van der Waals surface area (Å²) in [5, 5.41) is 17.8. The Morgan fingerprint density at radius 1 is 1.42 bits per heavy atom. The number of amides is 1. The fraction of sp³-hybridized carbons (Fsp3) is 0.667. The van der Waals surface area contributed by atoms with E-state index in [1.54, 1.807) is 0 Å². The molecule has 132 valence electrons. The summed E-state index contributed by atoms with van der Waals surface area (Å²) in [7, 11) is 0. The second-order valence-corrected chi connectivity index (χ2v) is 6.06. The van der Waals surface area contributed by atoms with E-state index in [1.165, 1.54) is 25.5 Å². The van der Waals surface area contributed by atoms with Gasteiger partial charge in [-0.15, -0.1) is 0 Å². The highest BCUT2D eigenvalue weighted by molar-refractivity contribution is 5.83. The number of ether oxygens (including phenoxy) is 1. The second-order valence-electron chi connectivity index (χ2n) is 6.06. The van der Waals surface area contributed by atoms with Crippen molar-refractivity contribution < 1.29 is 19.2 Å². The third-order valence-electron chi connectivity index (χ3n) is 4.18. The van der Waals surface area contributed by atoms with Gasteiger partial charge in [-0.1, -0.05) is 12.8 Å². The van der Waals surface area contributed by atoms with Gasteiger partial charge in [0.1, 0.15) is 17.9 Å². The summed E-state index contributed by atoms with van der Waals surface area (Å²) in [6.07, 6.45) is 3.17. The molecule has 1 fully saturated rings. The summed E-state index contributed by atoms with van der Waals surface area (Å²) in [6, 6.07) is 0.150. The van der Waals surface area contributed by atoms with Gasteiger partial charge in [-0.05, 0) is 33.6 Å². The van der Waals surface area contributed by atoms with Gasteiger partial charge in [-0.2, -0.15) is 5.10 Å². The molecule has 0 radical (unpaired) electrons. The molecular formula is C15H22N4O5. The molecule has 24 heavy (non-hydrogen) atoms. The molecule has 0 spiro atoms. The SMILES string of the molecule is Cc1nn(CC(=O)OC(C)C(=O)NC2CCCC2)c(C)c1[N+](=O)[O-]. The molecule has 1 aliphatic carbocycles. The number of hydrogen-bond donors (Lipinski definition) is 1. The topological polar surface area (TPSA) is 116 Å². The van der Waals surface area contributed by atoms with Crippen molar-refractivity contribution in [1.29, 1.82) is 0 Å². The van der Waals surface area contributed by atoms with E-state index in [1.807, 2.05) is 0 Å². The normalized spacial score (nSPS) is 16.0. The van der Waals surface area contributed by atoms with Crippen LogP contribution in [0.5, 0.6) is 0 Å². The Morgan fingerprint density at radius 2 is 2.04 bits per heavy atom. The number of esters is 1. The summed E-state index contributed by atoms with van der Waals surface area (Å²) in [4.78, 5) is 34.4. The van der Waals surface area contributed by atoms with Gasteiger partial charge in [-0.3, -0.25) is 24.4 Å². The predicted molar refractivity (Wildman–Crippen MR) is 84.3 cm³/mol. The number of nitro groups is 1. The van der Waals surface area contributed by atoms with Gasteiger partial charge in [0.25, 0.3) is 5.91 Å². The lowest BCUT2D eigenvalue weighted by Crippen LogP contribution is -2.41. The van der Waals surface area contributed by atoms with E-state index in [9.17, 15) is 19.7 Å². The smallest absolute Gasteiger partial charge is 0.328 e. The number of aromatic nitrogens is 2. The maximum atomic E-state index is 12.0. The molecule has 9 nitrogen and oxygen atoms in total. The lowest BCUT2D eigenvalue weighted by atomic mass is 10.2. The van der Waals surface area contributed by atoms with Crippen molar-refractivity contribution in [2.24, 2.45) is 0 Å². The first kappa shape index (κ1) is 17.9. The molecule has 1 unspecified atom stereocenters. The third kappa shape index (κ3) is 4.09. The lowest BCUT2D eigenvalue weighted by molar-refractivity contribution is -0.386. The average Bonchev–Trinajstić information content (AvgIpc) is 3.07. The quantitative estimate of drug-likeness (QED) is 0.476. The fourth-order valence-electron chi connectivity index (χ4n) is 2.90. The molecule has 1 N–H and O–H groups in total. The first-order chi connectivity index (χ1) is 11.3. The van der Waals surface area contributed by atoms with Crippen molar-refractivity contribution in [1.82, 2.24) is 15.1 Å². The Labute approximate surface area is 139 Å². The molecule has 0 bridgehead atoms. The minimum Gasteiger partial charge on any atom is -0.451 e. The minimum atomic E-state index is -0.912.